The van der Waals surface area contributed by atoms with Gasteiger partial charge in [0.05, 0.1) is 10.6 Å². The van der Waals surface area contributed by atoms with Crippen molar-refractivity contribution in [2.45, 2.75) is 0 Å². The van der Waals surface area contributed by atoms with Gasteiger partial charge in [0.1, 0.15) is 0 Å². The van der Waals surface area contributed by atoms with E-state index in [1.54, 1.807) is 42.5 Å². The van der Waals surface area contributed by atoms with Crippen LogP contribution in [0.2, 0.25) is 10.0 Å². The Labute approximate surface area is 182 Å². The van der Waals surface area contributed by atoms with Crippen molar-refractivity contribution in [3.63, 3.8) is 0 Å². The molecule has 0 spiro atoms. The summed E-state index contributed by atoms with van der Waals surface area (Å²) < 4.78 is 0. The molecule has 1 aliphatic rings. The maximum absolute atomic E-state index is 13.3. The lowest BCUT2D eigenvalue weighted by atomic mass is 10.1. The van der Waals surface area contributed by atoms with Crippen LogP contribution in [0.5, 0.6) is 0 Å². The van der Waals surface area contributed by atoms with E-state index in [4.69, 9.17) is 23.2 Å². The van der Waals surface area contributed by atoms with Gasteiger partial charge in [-0.15, -0.1) is 0 Å². The number of carbonyl (C=O) groups is 1. The van der Waals surface area contributed by atoms with Gasteiger partial charge in [-0.25, -0.2) is 0 Å². The molecule has 3 aromatic carbocycles. The Balaban J connectivity index is 1.81. The first-order chi connectivity index (χ1) is 14.4. The number of nitrogens with zero attached hydrogens (tertiary/aromatic N) is 2. The molecule has 0 aromatic heterocycles. The van der Waals surface area contributed by atoms with Crippen molar-refractivity contribution < 1.29 is 9.72 Å². The number of halogens is 2. The standard InChI is InChI=1S/C23H14Cl2N2O3/c24-18-7-6-16(21(25)14-18)12-17-13-22(15-4-2-1-3-5-15)26(23(17)28)19-8-10-20(11-9-19)27(29)30/h1-14H/b17-12+. The first kappa shape index (κ1) is 19.9. The summed E-state index contributed by atoms with van der Waals surface area (Å²) in [7, 11) is 0. The number of benzene rings is 3. The Hall–Kier alpha value is -3.41. The molecule has 0 radical (unpaired) electrons. The molecule has 148 valence electrons. The minimum absolute atomic E-state index is 0.0423. The molecule has 0 N–H and O–H groups in total. The molecule has 7 heteroatoms. The molecule has 3 aromatic rings. The van der Waals surface area contributed by atoms with Crippen molar-refractivity contribution in [3.8, 4) is 0 Å². The van der Waals surface area contributed by atoms with E-state index in [0.29, 0.717) is 32.6 Å². The number of carbonyl (C=O) groups excluding carboxylic acids is 1. The third kappa shape index (κ3) is 3.85. The summed E-state index contributed by atoms with van der Waals surface area (Å²) in [5.41, 5.74) is 3.11. The molecule has 4 rings (SSSR count). The second kappa shape index (κ2) is 8.14. The van der Waals surface area contributed by atoms with Crippen LogP contribution in [0.15, 0.2) is 84.4 Å². The van der Waals surface area contributed by atoms with Crippen LogP contribution < -0.4 is 4.90 Å². The number of hydrogen-bond acceptors (Lipinski definition) is 3. The molecular weight excluding hydrogens is 423 g/mol. The van der Waals surface area contributed by atoms with E-state index in [1.807, 2.05) is 30.3 Å². The second-order valence-electron chi connectivity index (χ2n) is 6.58. The van der Waals surface area contributed by atoms with Gasteiger partial charge >= 0.3 is 0 Å². The first-order valence-corrected chi connectivity index (χ1v) is 9.72. The summed E-state index contributed by atoms with van der Waals surface area (Å²) in [5.74, 6) is -0.256. The van der Waals surface area contributed by atoms with Crippen molar-refractivity contribution in [1.29, 1.82) is 0 Å². The van der Waals surface area contributed by atoms with Crippen LogP contribution in [-0.2, 0) is 4.79 Å². The SMILES string of the molecule is O=C1/C(=C/c2ccc(Cl)cc2Cl)C=C(c2ccccc2)N1c1ccc([N+](=O)[O-])cc1. The van der Waals surface area contributed by atoms with Crippen LogP contribution in [0, 0.1) is 10.1 Å². The van der Waals surface area contributed by atoms with E-state index >= 15 is 0 Å². The van der Waals surface area contributed by atoms with Gasteiger partial charge in [0.25, 0.3) is 11.6 Å². The summed E-state index contributed by atoms with van der Waals surface area (Å²) in [4.78, 5) is 25.3. The molecule has 0 saturated heterocycles. The van der Waals surface area contributed by atoms with Gasteiger partial charge in [-0.3, -0.25) is 19.8 Å². The molecule has 1 heterocycles. The number of nitro benzene ring substituents is 1. The monoisotopic (exact) mass is 436 g/mol. The molecule has 1 aliphatic heterocycles. The quantitative estimate of drug-likeness (QED) is 0.271. The number of anilines is 1. The Bertz CT molecular complexity index is 1200. The third-order valence-electron chi connectivity index (χ3n) is 4.64. The normalized spacial score (nSPS) is 14.9. The number of hydrogen-bond donors (Lipinski definition) is 0. The molecule has 0 fully saturated rings. The van der Waals surface area contributed by atoms with E-state index in [0.717, 1.165) is 5.56 Å². The van der Waals surface area contributed by atoms with Gasteiger partial charge in [0.2, 0.25) is 0 Å². The van der Waals surface area contributed by atoms with Crippen molar-refractivity contribution in [1.82, 2.24) is 0 Å². The lowest BCUT2D eigenvalue weighted by molar-refractivity contribution is -0.384. The summed E-state index contributed by atoms with van der Waals surface area (Å²) >= 11 is 12.2. The molecule has 0 unspecified atom stereocenters. The minimum atomic E-state index is -0.475. The fourth-order valence-electron chi connectivity index (χ4n) is 3.20. The highest BCUT2D eigenvalue weighted by Crippen LogP contribution is 2.36. The average Bonchev–Trinajstić information content (AvgIpc) is 3.07. The third-order valence-corrected chi connectivity index (χ3v) is 5.21. The Morgan fingerprint density at radius 2 is 1.63 bits per heavy atom. The van der Waals surface area contributed by atoms with Gasteiger partial charge in [-0.05, 0) is 47.5 Å². The van der Waals surface area contributed by atoms with E-state index in [-0.39, 0.29) is 11.6 Å². The minimum Gasteiger partial charge on any atom is -0.276 e. The smallest absolute Gasteiger partial charge is 0.269 e. The van der Waals surface area contributed by atoms with Crippen LogP contribution >= 0.6 is 23.2 Å². The Morgan fingerprint density at radius 1 is 0.933 bits per heavy atom. The fraction of sp³-hybridized carbons (Fsp3) is 0. The zero-order valence-electron chi connectivity index (χ0n) is 15.5. The van der Waals surface area contributed by atoms with Crippen LogP contribution in [0.4, 0.5) is 11.4 Å². The second-order valence-corrected chi connectivity index (χ2v) is 7.42. The molecular formula is C23H14Cl2N2O3. The van der Waals surface area contributed by atoms with E-state index < -0.39 is 4.92 Å². The Kier molecular flexibility index (Phi) is 5.40. The highest BCUT2D eigenvalue weighted by Gasteiger charge is 2.30. The van der Waals surface area contributed by atoms with E-state index in [1.165, 1.54) is 17.0 Å². The predicted octanol–water partition coefficient (Wildman–Crippen LogP) is 6.37. The lowest BCUT2D eigenvalue weighted by Crippen LogP contribution is -2.24. The molecule has 30 heavy (non-hydrogen) atoms. The molecule has 5 nitrogen and oxygen atoms in total. The van der Waals surface area contributed by atoms with Crippen LogP contribution in [0.25, 0.3) is 11.8 Å². The summed E-state index contributed by atoms with van der Waals surface area (Å²) in [6, 6.07) is 20.4. The number of non-ortho nitro benzene ring substituents is 1. The van der Waals surface area contributed by atoms with Crippen molar-refractivity contribution in [2.75, 3.05) is 4.90 Å². The maximum atomic E-state index is 13.3. The molecule has 0 atom stereocenters. The van der Waals surface area contributed by atoms with Crippen LogP contribution in [0.3, 0.4) is 0 Å². The van der Waals surface area contributed by atoms with Gasteiger partial charge in [0.15, 0.2) is 0 Å². The number of rotatable bonds is 4. The topological polar surface area (TPSA) is 63.5 Å². The molecule has 0 saturated carbocycles. The highest BCUT2D eigenvalue weighted by atomic mass is 35.5. The molecule has 1 amide bonds. The lowest BCUT2D eigenvalue weighted by Gasteiger charge is -2.20. The summed E-state index contributed by atoms with van der Waals surface area (Å²) in [6.45, 7) is 0. The summed E-state index contributed by atoms with van der Waals surface area (Å²) in [5, 5.41) is 11.9. The van der Waals surface area contributed by atoms with Gasteiger partial charge in [-0.2, -0.15) is 0 Å². The van der Waals surface area contributed by atoms with Crippen molar-refractivity contribution >= 4 is 52.3 Å². The zero-order chi connectivity index (χ0) is 21.3. The zero-order valence-corrected chi connectivity index (χ0v) is 17.0. The number of amides is 1. The predicted molar refractivity (Wildman–Crippen MR) is 119 cm³/mol. The van der Waals surface area contributed by atoms with Crippen LogP contribution in [0.1, 0.15) is 11.1 Å². The average molecular weight is 437 g/mol. The van der Waals surface area contributed by atoms with Crippen molar-refractivity contribution in [2.24, 2.45) is 0 Å². The maximum Gasteiger partial charge on any atom is 0.269 e. The summed E-state index contributed by atoms with van der Waals surface area (Å²) in [6.07, 6.45) is 3.49. The van der Waals surface area contributed by atoms with E-state index in [9.17, 15) is 14.9 Å². The highest BCUT2D eigenvalue weighted by molar-refractivity contribution is 6.35. The van der Waals surface area contributed by atoms with Gasteiger partial charge in [-0.1, -0.05) is 59.6 Å². The van der Waals surface area contributed by atoms with Crippen molar-refractivity contribution in [3.05, 3.63) is 116 Å². The van der Waals surface area contributed by atoms with Gasteiger partial charge < -0.3 is 0 Å². The molecule has 0 aliphatic carbocycles. The molecule has 0 bridgehead atoms. The largest absolute Gasteiger partial charge is 0.276 e. The van der Waals surface area contributed by atoms with Gasteiger partial charge in [0, 0.05) is 33.4 Å². The Morgan fingerprint density at radius 3 is 2.27 bits per heavy atom. The fourth-order valence-corrected chi connectivity index (χ4v) is 3.67. The van der Waals surface area contributed by atoms with Crippen LogP contribution in [-0.4, -0.2) is 10.8 Å². The number of nitro groups is 1. The first-order valence-electron chi connectivity index (χ1n) is 8.97. The van der Waals surface area contributed by atoms with E-state index in [2.05, 4.69) is 0 Å².